The quantitative estimate of drug-likeness (QED) is 0.371. The predicted octanol–water partition coefficient (Wildman–Crippen LogP) is 1.90. The van der Waals surface area contributed by atoms with Crippen molar-refractivity contribution in [2.75, 3.05) is 0 Å². The number of allylic oxidation sites excluding steroid dienone is 2. The summed E-state index contributed by atoms with van der Waals surface area (Å²) < 4.78 is 5.53. The van der Waals surface area contributed by atoms with Crippen molar-refractivity contribution < 1.29 is 23.9 Å². The molecule has 172 valence electrons. The Balaban J connectivity index is 2.35. The number of aromatic nitrogens is 1. The molecule has 1 aromatic heterocycles. The van der Waals surface area contributed by atoms with Crippen LogP contribution in [0.5, 0.6) is 0 Å². The van der Waals surface area contributed by atoms with Gasteiger partial charge in [0.25, 0.3) is 11.8 Å². The number of carbonyl (C=O) groups is 4. The van der Waals surface area contributed by atoms with E-state index in [-0.39, 0.29) is 36.7 Å². The highest BCUT2D eigenvalue weighted by Crippen LogP contribution is 2.09. The first-order valence-electron chi connectivity index (χ1n) is 10.8. The Morgan fingerprint density at radius 3 is 2.62 bits per heavy atom. The molecule has 2 rings (SSSR count). The highest BCUT2D eigenvalue weighted by atomic mass is 16.5. The van der Waals surface area contributed by atoms with Crippen molar-refractivity contribution >= 4 is 23.7 Å². The minimum atomic E-state index is -0.936. The van der Waals surface area contributed by atoms with Gasteiger partial charge in [-0.25, -0.2) is 9.78 Å². The lowest BCUT2D eigenvalue weighted by Gasteiger charge is -2.21. The number of unbranched alkanes of at least 4 members (excludes halogenated alkanes) is 1. The number of nitrogens with zero attached hydrogens (tertiary/aromatic N) is 1. The maximum absolute atomic E-state index is 12.7. The molecule has 0 saturated heterocycles. The standard InChI is InChI=1S/C23H30N4O5/c1-4-7-8-11-16-13-20(28)24-14-15-10-9-12-19(25-15)22(30)26-17(5-2)21(29)27-18(6-3)23(31)32-16/h5,8-12,16,18H,4,6-7,13-14H2,1-3H3,(H,24,28)(H,26,30)(H,27,29)/b11-8+,17-5-/t16-,18+/m1/s1. The van der Waals surface area contributed by atoms with E-state index in [0.717, 1.165) is 12.8 Å². The lowest BCUT2D eigenvalue weighted by Crippen LogP contribution is -2.46. The smallest absolute Gasteiger partial charge is 0.329 e. The number of hydrogen-bond donors (Lipinski definition) is 3. The summed E-state index contributed by atoms with van der Waals surface area (Å²) in [6.07, 6.45) is 6.12. The second-order valence-corrected chi connectivity index (χ2v) is 7.28. The van der Waals surface area contributed by atoms with Crippen LogP contribution in [-0.4, -0.2) is 40.8 Å². The fraction of sp³-hybridized carbons (Fsp3) is 0.435. The number of carbonyl (C=O) groups excluding carboxylic acids is 4. The highest BCUT2D eigenvalue weighted by Gasteiger charge is 2.26. The van der Waals surface area contributed by atoms with Gasteiger partial charge >= 0.3 is 5.97 Å². The number of cyclic esters (lactones) is 1. The maximum Gasteiger partial charge on any atom is 0.329 e. The summed E-state index contributed by atoms with van der Waals surface area (Å²) in [5.74, 6) is -2.18. The molecule has 32 heavy (non-hydrogen) atoms. The number of esters is 1. The van der Waals surface area contributed by atoms with Gasteiger partial charge in [-0.1, -0.05) is 38.5 Å². The van der Waals surface area contributed by atoms with Gasteiger partial charge in [-0.2, -0.15) is 0 Å². The number of amides is 3. The van der Waals surface area contributed by atoms with E-state index in [1.54, 1.807) is 32.1 Å². The molecule has 0 aliphatic carbocycles. The zero-order valence-corrected chi connectivity index (χ0v) is 18.6. The van der Waals surface area contributed by atoms with Gasteiger partial charge in [-0.05, 0) is 38.0 Å². The first kappa shape index (κ1) is 24.8. The average Bonchev–Trinajstić information content (AvgIpc) is 2.78. The van der Waals surface area contributed by atoms with Crippen molar-refractivity contribution in [1.82, 2.24) is 20.9 Å². The summed E-state index contributed by atoms with van der Waals surface area (Å²) >= 11 is 0. The summed E-state index contributed by atoms with van der Waals surface area (Å²) in [6.45, 7) is 5.44. The lowest BCUT2D eigenvalue weighted by molar-refractivity contribution is -0.151. The van der Waals surface area contributed by atoms with Crippen molar-refractivity contribution in [3.05, 3.63) is 53.5 Å². The topological polar surface area (TPSA) is 126 Å². The Labute approximate surface area is 187 Å². The Morgan fingerprint density at radius 1 is 1.16 bits per heavy atom. The third-order valence-corrected chi connectivity index (χ3v) is 4.75. The first-order valence-corrected chi connectivity index (χ1v) is 10.8. The van der Waals surface area contributed by atoms with Gasteiger partial charge in [0.2, 0.25) is 5.91 Å². The molecule has 0 radical (unpaired) electrons. The zero-order valence-electron chi connectivity index (χ0n) is 18.6. The van der Waals surface area contributed by atoms with Crippen LogP contribution in [0.1, 0.15) is 62.6 Å². The van der Waals surface area contributed by atoms with Crippen LogP contribution in [0.4, 0.5) is 0 Å². The lowest BCUT2D eigenvalue weighted by atomic mass is 10.1. The Bertz CT molecular complexity index is 909. The first-order chi connectivity index (χ1) is 15.4. The zero-order chi connectivity index (χ0) is 23.5. The van der Waals surface area contributed by atoms with E-state index in [2.05, 4.69) is 20.9 Å². The van der Waals surface area contributed by atoms with E-state index in [1.165, 1.54) is 12.1 Å². The molecule has 3 N–H and O–H groups in total. The third-order valence-electron chi connectivity index (χ3n) is 4.75. The summed E-state index contributed by atoms with van der Waals surface area (Å²) in [5.41, 5.74) is 0.571. The van der Waals surface area contributed by atoms with Crippen molar-refractivity contribution in [2.45, 2.75) is 65.1 Å². The van der Waals surface area contributed by atoms with E-state index < -0.39 is 29.9 Å². The molecular formula is C23H30N4O5. The van der Waals surface area contributed by atoms with Crippen LogP contribution >= 0.6 is 0 Å². The summed E-state index contributed by atoms with van der Waals surface area (Å²) in [5, 5.41) is 7.84. The molecule has 0 saturated carbocycles. The maximum atomic E-state index is 12.7. The van der Waals surface area contributed by atoms with Crippen LogP contribution in [0, 0.1) is 0 Å². The van der Waals surface area contributed by atoms with Crippen LogP contribution in [0.25, 0.3) is 0 Å². The molecule has 1 aliphatic heterocycles. The van der Waals surface area contributed by atoms with Gasteiger partial charge < -0.3 is 20.7 Å². The summed E-state index contributed by atoms with van der Waals surface area (Å²) in [6, 6.07) is 3.89. The number of pyridine rings is 1. The fourth-order valence-corrected chi connectivity index (χ4v) is 2.95. The third kappa shape index (κ3) is 7.33. The predicted molar refractivity (Wildman–Crippen MR) is 118 cm³/mol. The molecule has 3 amide bonds. The van der Waals surface area contributed by atoms with Crippen molar-refractivity contribution in [2.24, 2.45) is 0 Å². The molecule has 9 nitrogen and oxygen atoms in total. The number of rotatable bonds is 4. The van der Waals surface area contributed by atoms with Crippen LogP contribution < -0.4 is 16.0 Å². The molecule has 0 aromatic carbocycles. The van der Waals surface area contributed by atoms with E-state index >= 15 is 0 Å². The van der Waals surface area contributed by atoms with Crippen molar-refractivity contribution in [1.29, 1.82) is 0 Å². The highest BCUT2D eigenvalue weighted by molar-refractivity contribution is 6.03. The van der Waals surface area contributed by atoms with Crippen molar-refractivity contribution in [3.8, 4) is 0 Å². The molecule has 2 bridgehead atoms. The summed E-state index contributed by atoms with van der Waals surface area (Å²) in [7, 11) is 0. The van der Waals surface area contributed by atoms with E-state index in [0.29, 0.717) is 5.69 Å². The Morgan fingerprint density at radius 2 is 1.94 bits per heavy atom. The largest absolute Gasteiger partial charge is 0.456 e. The van der Waals surface area contributed by atoms with Gasteiger partial charge in [0.15, 0.2) is 0 Å². The molecule has 0 fully saturated rings. The molecule has 2 atom stereocenters. The van der Waals surface area contributed by atoms with Crippen LogP contribution in [-0.2, 0) is 25.7 Å². The molecule has 0 unspecified atom stereocenters. The van der Waals surface area contributed by atoms with Crippen LogP contribution in [0.15, 0.2) is 42.1 Å². The van der Waals surface area contributed by atoms with Gasteiger partial charge in [-0.15, -0.1) is 0 Å². The molecule has 1 aliphatic rings. The van der Waals surface area contributed by atoms with Crippen molar-refractivity contribution in [3.63, 3.8) is 0 Å². The number of hydrogen-bond acceptors (Lipinski definition) is 6. The second-order valence-electron chi connectivity index (χ2n) is 7.28. The second kappa shape index (κ2) is 12.4. The van der Waals surface area contributed by atoms with E-state index in [9.17, 15) is 19.2 Å². The molecule has 0 spiro atoms. The van der Waals surface area contributed by atoms with Gasteiger partial charge in [0.05, 0.1) is 18.7 Å². The van der Waals surface area contributed by atoms with E-state index in [1.807, 2.05) is 13.0 Å². The average molecular weight is 443 g/mol. The number of ether oxygens (including phenoxy) is 1. The molecule has 9 heteroatoms. The van der Waals surface area contributed by atoms with Crippen LogP contribution in [0.3, 0.4) is 0 Å². The molecular weight excluding hydrogens is 412 g/mol. The molecule has 2 heterocycles. The summed E-state index contributed by atoms with van der Waals surface area (Å²) in [4.78, 5) is 54.6. The fourth-order valence-electron chi connectivity index (χ4n) is 2.95. The number of nitrogens with one attached hydrogen (secondary N) is 3. The SMILES string of the molecule is C/C=C1\NC(=O)c2cccc(n2)CNC(=O)C[C@@H](/C=C/CCC)OC(=O)[C@H](CC)NC1=O. The van der Waals surface area contributed by atoms with Gasteiger partial charge in [0, 0.05) is 0 Å². The monoisotopic (exact) mass is 442 g/mol. The number of fused-ring (bicyclic) bond motifs is 2. The van der Waals surface area contributed by atoms with Gasteiger partial charge in [-0.3, -0.25) is 14.4 Å². The Kier molecular flexibility index (Phi) is 9.59. The van der Waals surface area contributed by atoms with E-state index in [4.69, 9.17) is 4.74 Å². The minimum Gasteiger partial charge on any atom is -0.456 e. The molecule has 1 aromatic rings. The van der Waals surface area contributed by atoms with Crippen LogP contribution in [0.2, 0.25) is 0 Å². The minimum absolute atomic E-state index is 0.00626. The van der Waals surface area contributed by atoms with Gasteiger partial charge in [0.1, 0.15) is 23.5 Å². The Hall–Kier alpha value is -3.49. The normalized spacial score (nSPS) is 22.3.